The van der Waals surface area contributed by atoms with Gasteiger partial charge in [0.2, 0.25) is 0 Å². The van der Waals surface area contributed by atoms with Gasteiger partial charge in [-0.05, 0) is 37.1 Å². The second-order valence-corrected chi connectivity index (χ2v) is 4.50. The second kappa shape index (κ2) is 4.69. The summed E-state index contributed by atoms with van der Waals surface area (Å²) in [6.45, 7) is 4.90. The second-order valence-electron chi connectivity index (χ2n) is 4.50. The Labute approximate surface area is 99.2 Å². The molecular formula is C13H16F3N. The molecule has 1 atom stereocenters. The van der Waals surface area contributed by atoms with Gasteiger partial charge in [0.1, 0.15) is 0 Å². The van der Waals surface area contributed by atoms with Crippen LogP contribution in [0.3, 0.4) is 0 Å². The lowest BCUT2D eigenvalue weighted by Gasteiger charge is -2.15. The molecule has 1 aromatic carbocycles. The molecule has 1 aliphatic heterocycles. The maximum Gasteiger partial charge on any atom is 0.416 e. The summed E-state index contributed by atoms with van der Waals surface area (Å²) in [6.07, 6.45) is -3.28. The molecular weight excluding hydrogens is 227 g/mol. The first kappa shape index (κ1) is 12.4. The highest BCUT2D eigenvalue weighted by molar-refractivity contribution is 5.29. The summed E-state index contributed by atoms with van der Waals surface area (Å²) in [5.41, 5.74) is 0.278. The molecule has 17 heavy (non-hydrogen) atoms. The molecule has 2 rings (SSSR count). The third-order valence-corrected chi connectivity index (χ3v) is 3.40. The van der Waals surface area contributed by atoms with Gasteiger partial charge in [0.05, 0.1) is 5.56 Å². The van der Waals surface area contributed by atoms with Gasteiger partial charge >= 0.3 is 6.18 Å². The molecule has 0 spiro atoms. The van der Waals surface area contributed by atoms with Gasteiger partial charge in [-0.1, -0.05) is 25.1 Å². The smallest absolute Gasteiger partial charge is 0.303 e. The molecule has 1 unspecified atom stereocenters. The van der Waals surface area contributed by atoms with E-state index in [1.54, 1.807) is 6.07 Å². The number of nitrogens with zero attached hydrogens (tertiary/aromatic N) is 1. The van der Waals surface area contributed by atoms with E-state index in [9.17, 15) is 13.2 Å². The van der Waals surface area contributed by atoms with Crippen LogP contribution in [0.4, 0.5) is 13.2 Å². The van der Waals surface area contributed by atoms with Crippen molar-refractivity contribution >= 4 is 0 Å². The van der Waals surface area contributed by atoms with Crippen molar-refractivity contribution in [2.75, 3.05) is 19.6 Å². The summed E-state index contributed by atoms with van der Waals surface area (Å²) in [4.78, 5) is 2.27. The Morgan fingerprint density at radius 1 is 1.35 bits per heavy atom. The molecule has 0 aliphatic carbocycles. The average Bonchev–Trinajstić information content (AvgIpc) is 2.76. The lowest BCUT2D eigenvalue weighted by Crippen LogP contribution is -2.19. The van der Waals surface area contributed by atoms with Crippen molar-refractivity contribution in [2.24, 2.45) is 0 Å². The molecule has 94 valence electrons. The maximum absolute atomic E-state index is 12.6. The van der Waals surface area contributed by atoms with Crippen LogP contribution in [0.5, 0.6) is 0 Å². The number of hydrogen-bond donors (Lipinski definition) is 0. The molecule has 1 nitrogen and oxygen atoms in total. The molecule has 1 aliphatic rings. The van der Waals surface area contributed by atoms with E-state index in [-0.39, 0.29) is 5.92 Å². The van der Waals surface area contributed by atoms with Gasteiger partial charge in [0.15, 0.2) is 0 Å². The highest BCUT2D eigenvalue weighted by Gasteiger charge is 2.31. The standard InChI is InChI=1S/C13H16F3N/c1-2-17-7-6-11(9-17)10-4-3-5-12(8-10)13(14,15)16/h3-5,8,11H,2,6-7,9H2,1H3. The van der Waals surface area contributed by atoms with Crippen molar-refractivity contribution in [3.63, 3.8) is 0 Å². The van der Waals surface area contributed by atoms with Crippen LogP contribution < -0.4 is 0 Å². The van der Waals surface area contributed by atoms with Crippen molar-refractivity contribution < 1.29 is 13.2 Å². The highest BCUT2D eigenvalue weighted by Crippen LogP contribution is 2.33. The summed E-state index contributed by atoms with van der Waals surface area (Å²) >= 11 is 0. The summed E-state index contributed by atoms with van der Waals surface area (Å²) in [7, 11) is 0. The van der Waals surface area contributed by atoms with Crippen LogP contribution >= 0.6 is 0 Å². The van der Waals surface area contributed by atoms with Crippen LogP contribution in [-0.2, 0) is 6.18 Å². The number of likely N-dealkylation sites (N-methyl/N-ethyl adjacent to an activating group) is 1. The lowest BCUT2D eigenvalue weighted by molar-refractivity contribution is -0.137. The molecule has 1 saturated heterocycles. The zero-order chi connectivity index (χ0) is 12.5. The van der Waals surface area contributed by atoms with Crippen molar-refractivity contribution in [3.8, 4) is 0 Å². The number of likely N-dealkylation sites (tertiary alicyclic amines) is 1. The average molecular weight is 243 g/mol. The van der Waals surface area contributed by atoms with Crippen LogP contribution in [0, 0.1) is 0 Å². The van der Waals surface area contributed by atoms with Crippen molar-refractivity contribution in [1.82, 2.24) is 4.90 Å². The van der Waals surface area contributed by atoms with E-state index in [0.29, 0.717) is 0 Å². The first-order valence-corrected chi connectivity index (χ1v) is 5.90. The van der Waals surface area contributed by atoms with Gasteiger partial charge in [0, 0.05) is 6.54 Å². The third-order valence-electron chi connectivity index (χ3n) is 3.40. The van der Waals surface area contributed by atoms with Gasteiger partial charge in [-0.25, -0.2) is 0 Å². The Morgan fingerprint density at radius 3 is 2.71 bits per heavy atom. The Morgan fingerprint density at radius 2 is 2.12 bits per heavy atom. The normalized spacial score (nSPS) is 22.0. The fourth-order valence-corrected chi connectivity index (χ4v) is 2.36. The minimum atomic E-state index is -4.24. The molecule has 0 N–H and O–H groups in total. The van der Waals surface area contributed by atoms with Gasteiger partial charge in [0.25, 0.3) is 0 Å². The van der Waals surface area contributed by atoms with Gasteiger partial charge in [-0.15, -0.1) is 0 Å². The van der Waals surface area contributed by atoms with E-state index >= 15 is 0 Å². The Bertz CT molecular complexity index is 386. The molecule has 0 aromatic heterocycles. The number of halogens is 3. The first-order chi connectivity index (χ1) is 8.00. The van der Waals surface area contributed by atoms with Crippen LogP contribution in [0.1, 0.15) is 30.4 Å². The first-order valence-electron chi connectivity index (χ1n) is 5.90. The Kier molecular flexibility index (Phi) is 3.43. The summed E-state index contributed by atoms with van der Waals surface area (Å²) in [5, 5.41) is 0. The molecule has 0 saturated carbocycles. The van der Waals surface area contributed by atoms with E-state index in [4.69, 9.17) is 0 Å². The van der Waals surface area contributed by atoms with Gasteiger partial charge in [-0.3, -0.25) is 0 Å². The zero-order valence-corrected chi connectivity index (χ0v) is 9.80. The topological polar surface area (TPSA) is 3.24 Å². The Hall–Kier alpha value is -1.03. The molecule has 1 aromatic rings. The summed E-state index contributed by atoms with van der Waals surface area (Å²) in [6, 6.07) is 5.74. The summed E-state index contributed by atoms with van der Waals surface area (Å²) in [5.74, 6) is 0.247. The molecule has 1 heterocycles. The molecule has 1 fully saturated rings. The molecule has 0 radical (unpaired) electrons. The fourth-order valence-electron chi connectivity index (χ4n) is 2.36. The number of alkyl halides is 3. The monoisotopic (exact) mass is 243 g/mol. The Balaban J connectivity index is 2.17. The van der Waals surface area contributed by atoms with E-state index < -0.39 is 11.7 Å². The van der Waals surface area contributed by atoms with Crippen molar-refractivity contribution in [1.29, 1.82) is 0 Å². The molecule has 4 heteroatoms. The zero-order valence-electron chi connectivity index (χ0n) is 9.80. The van der Waals surface area contributed by atoms with Crippen LogP contribution in [0.15, 0.2) is 24.3 Å². The largest absolute Gasteiger partial charge is 0.416 e. The molecule has 0 bridgehead atoms. The van der Waals surface area contributed by atoms with E-state index in [0.717, 1.165) is 37.7 Å². The lowest BCUT2D eigenvalue weighted by atomic mass is 9.96. The van der Waals surface area contributed by atoms with Crippen LogP contribution in [0.25, 0.3) is 0 Å². The van der Waals surface area contributed by atoms with E-state index in [1.807, 2.05) is 0 Å². The van der Waals surface area contributed by atoms with Gasteiger partial charge in [-0.2, -0.15) is 13.2 Å². The summed E-state index contributed by atoms with van der Waals surface area (Å²) < 4.78 is 37.8. The third kappa shape index (κ3) is 2.80. The number of rotatable bonds is 2. The van der Waals surface area contributed by atoms with Crippen LogP contribution in [-0.4, -0.2) is 24.5 Å². The number of hydrogen-bond acceptors (Lipinski definition) is 1. The van der Waals surface area contributed by atoms with E-state index in [2.05, 4.69) is 11.8 Å². The maximum atomic E-state index is 12.6. The quantitative estimate of drug-likeness (QED) is 0.768. The van der Waals surface area contributed by atoms with Crippen molar-refractivity contribution in [3.05, 3.63) is 35.4 Å². The fraction of sp³-hybridized carbons (Fsp3) is 0.538. The van der Waals surface area contributed by atoms with Crippen LogP contribution in [0.2, 0.25) is 0 Å². The van der Waals surface area contributed by atoms with Crippen molar-refractivity contribution in [2.45, 2.75) is 25.4 Å². The molecule has 0 amide bonds. The predicted octanol–water partition coefficient (Wildman–Crippen LogP) is 3.51. The minimum absolute atomic E-state index is 0.247. The highest BCUT2D eigenvalue weighted by atomic mass is 19.4. The van der Waals surface area contributed by atoms with Gasteiger partial charge < -0.3 is 4.90 Å². The minimum Gasteiger partial charge on any atom is -0.303 e. The predicted molar refractivity (Wildman–Crippen MR) is 60.9 cm³/mol. The van der Waals surface area contributed by atoms with E-state index in [1.165, 1.54) is 12.1 Å². The SMILES string of the molecule is CCN1CCC(c2cccc(C(F)(F)F)c2)C1. The number of benzene rings is 1.